The fourth-order valence-electron chi connectivity index (χ4n) is 3.48. The van der Waals surface area contributed by atoms with E-state index < -0.39 is 33.4 Å². The highest BCUT2D eigenvalue weighted by molar-refractivity contribution is 7.90. The number of urea groups is 1. The molecule has 0 bridgehead atoms. The Balaban J connectivity index is 1.76. The van der Waals surface area contributed by atoms with Gasteiger partial charge in [-0.1, -0.05) is 18.9 Å². The van der Waals surface area contributed by atoms with Gasteiger partial charge in [0.05, 0.1) is 4.90 Å². The normalized spacial score (nSPS) is 20.3. The maximum atomic E-state index is 12.7. The predicted octanol–water partition coefficient (Wildman–Crippen LogP) is 1.28. The van der Waals surface area contributed by atoms with Crippen molar-refractivity contribution in [1.29, 1.82) is 0 Å². The van der Waals surface area contributed by atoms with Crippen molar-refractivity contribution >= 4 is 33.4 Å². The van der Waals surface area contributed by atoms with Gasteiger partial charge in [-0.05, 0) is 38.0 Å². The second kappa shape index (κ2) is 6.39. The molecule has 1 atom stereocenters. The topological polar surface area (TPSA) is 113 Å². The Hall–Kier alpha value is -2.42. The van der Waals surface area contributed by atoms with Crippen LogP contribution >= 0.6 is 0 Å². The molecule has 140 valence electrons. The fourth-order valence-corrected chi connectivity index (χ4v) is 4.15. The molecule has 0 radical (unpaired) electrons. The van der Waals surface area contributed by atoms with Crippen molar-refractivity contribution in [3.8, 4) is 0 Å². The summed E-state index contributed by atoms with van der Waals surface area (Å²) in [6.45, 7) is 1.47. The largest absolute Gasteiger partial charge is 0.325 e. The summed E-state index contributed by atoms with van der Waals surface area (Å²) in [5.41, 5.74) is -0.589. The summed E-state index contributed by atoms with van der Waals surface area (Å²) < 4.78 is 23.2. The molecule has 9 heteroatoms. The summed E-state index contributed by atoms with van der Waals surface area (Å²) in [5.74, 6) is -0.929. The molecule has 8 nitrogen and oxygen atoms in total. The number of benzene rings is 1. The molecule has 2 aliphatic rings. The molecule has 1 unspecified atom stereocenters. The number of hydrogen-bond donors (Lipinski definition) is 2. The second-order valence-corrected chi connectivity index (χ2v) is 8.88. The molecule has 3 rings (SSSR count). The van der Waals surface area contributed by atoms with Gasteiger partial charge >= 0.3 is 6.03 Å². The number of hydrogen-bond acceptors (Lipinski definition) is 5. The van der Waals surface area contributed by atoms with E-state index in [1.54, 1.807) is 6.07 Å². The lowest BCUT2D eigenvalue weighted by molar-refractivity contribution is -0.136. The molecule has 1 aliphatic heterocycles. The van der Waals surface area contributed by atoms with Crippen molar-refractivity contribution < 1.29 is 22.8 Å². The van der Waals surface area contributed by atoms with Crippen LogP contribution < -0.4 is 10.6 Å². The minimum atomic E-state index is -3.41. The van der Waals surface area contributed by atoms with Crippen LogP contribution in [0.1, 0.15) is 32.6 Å². The lowest BCUT2D eigenvalue weighted by Crippen LogP contribution is -2.48. The maximum Gasteiger partial charge on any atom is 0.325 e. The average Bonchev–Trinajstić information content (AvgIpc) is 3.12. The van der Waals surface area contributed by atoms with E-state index in [-0.39, 0.29) is 16.5 Å². The van der Waals surface area contributed by atoms with E-state index in [0.717, 1.165) is 24.0 Å². The van der Waals surface area contributed by atoms with E-state index >= 15 is 0 Å². The molecule has 2 fully saturated rings. The highest BCUT2D eigenvalue weighted by Crippen LogP contribution is 2.35. The highest BCUT2D eigenvalue weighted by Gasteiger charge is 2.54. The summed E-state index contributed by atoms with van der Waals surface area (Å²) >= 11 is 0. The van der Waals surface area contributed by atoms with E-state index in [0.29, 0.717) is 12.8 Å². The van der Waals surface area contributed by atoms with Crippen molar-refractivity contribution in [2.24, 2.45) is 0 Å². The van der Waals surface area contributed by atoms with Gasteiger partial charge < -0.3 is 10.6 Å². The quantitative estimate of drug-likeness (QED) is 0.765. The minimum absolute atomic E-state index is 0.0721. The zero-order valence-electron chi connectivity index (χ0n) is 14.6. The van der Waals surface area contributed by atoms with Gasteiger partial charge in [0.2, 0.25) is 5.91 Å². The van der Waals surface area contributed by atoms with Crippen LogP contribution in [0, 0.1) is 0 Å². The van der Waals surface area contributed by atoms with Gasteiger partial charge in [-0.15, -0.1) is 0 Å². The lowest BCUT2D eigenvalue weighted by atomic mass is 9.97. The molecule has 4 amide bonds. The number of carbonyl (C=O) groups is 3. The summed E-state index contributed by atoms with van der Waals surface area (Å²) in [5, 5.41) is 5.31. The molecule has 1 saturated heterocycles. The average molecular weight is 379 g/mol. The van der Waals surface area contributed by atoms with Gasteiger partial charge in [0.25, 0.3) is 5.91 Å². The number of nitrogens with one attached hydrogen (secondary N) is 2. The van der Waals surface area contributed by atoms with Gasteiger partial charge in [-0.25, -0.2) is 18.1 Å². The SMILES string of the molecule is CC(C(=O)Nc1cccc(S(C)(=O)=O)c1)N1C(=O)NC2(CCCC2)C1=O. The Bertz CT molecular complexity index is 874. The molecular weight excluding hydrogens is 358 g/mol. The smallest absolute Gasteiger partial charge is 0.324 e. The van der Waals surface area contributed by atoms with Gasteiger partial charge in [-0.3, -0.25) is 9.59 Å². The third-order valence-electron chi connectivity index (χ3n) is 4.95. The fraction of sp³-hybridized carbons (Fsp3) is 0.471. The highest BCUT2D eigenvalue weighted by atomic mass is 32.2. The van der Waals surface area contributed by atoms with E-state index in [9.17, 15) is 22.8 Å². The molecule has 1 aromatic rings. The number of amides is 4. The van der Waals surface area contributed by atoms with Crippen LogP contribution in [0.4, 0.5) is 10.5 Å². The number of anilines is 1. The Morgan fingerprint density at radius 2 is 1.92 bits per heavy atom. The van der Waals surface area contributed by atoms with E-state index in [1.165, 1.54) is 25.1 Å². The number of imide groups is 1. The summed E-state index contributed by atoms with van der Waals surface area (Å²) in [6.07, 6.45) is 3.96. The first-order valence-corrected chi connectivity index (χ1v) is 10.3. The molecule has 1 aliphatic carbocycles. The van der Waals surface area contributed by atoms with Crippen LogP contribution in [0.25, 0.3) is 0 Å². The summed E-state index contributed by atoms with van der Waals surface area (Å²) in [7, 11) is -3.41. The van der Waals surface area contributed by atoms with E-state index in [4.69, 9.17) is 0 Å². The number of sulfone groups is 1. The van der Waals surface area contributed by atoms with Gasteiger partial charge in [0.1, 0.15) is 11.6 Å². The summed E-state index contributed by atoms with van der Waals surface area (Å²) in [4.78, 5) is 38.5. The van der Waals surface area contributed by atoms with Crippen LogP contribution in [-0.4, -0.2) is 49.0 Å². The Labute approximate surface area is 151 Å². The van der Waals surface area contributed by atoms with E-state index in [1.807, 2.05) is 0 Å². The molecule has 1 saturated carbocycles. The third-order valence-corrected chi connectivity index (χ3v) is 6.06. The Morgan fingerprint density at radius 1 is 1.27 bits per heavy atom. The van der Waals surface area contributed by atoms with Crippen LogP contribution in [0.2, 0.25) is 0 Å². The monoisotopic (exact) mass is 379 g/mol. The summed E-state index contributed by atoms with van der Waals surface area (Å²) in [6, 6.07) is 4.25. The predicted molar refractivity (Wildman–Crippen MR) is 94.2 cm³/mol. The van der Waals surface area contributed by atoms with Crippen LogP contribution in [0.3, 0.4) is 0 Å². The molecule has 1 heterocycles. The Morgan fingerprint density at radius 3 is 2.54 bits per heavy atom. The van der Waals surface area contributed by atoms with Crippen LogP contribution in [0.5, 0.6) is 0 Å². The maximum absolute atomic E-state index is 12.7. The molecule has 2 N–H and O–H groups in total. The van der Waals surface area contributed by atoms with Gasteiger partial charge in [0, 0.05) is 11.9 Å². The number of nitrogens with zero attached hydrogens (tertiary/aromatic N) is 1. The number of carbonyl (C=O) groups excluding carboxylic acids is 3. The molecule has 1 aromatic carbocycles. The standard InChI is InChI=1S/C17H21N3O5S/c1-11(20-15(22)17(19-16(20)23)8-3-4-9-17)14(21)18-12-6-5-7-13(10-12)26(2,24)25/h5-7,10-11H,3-4,8-9H2,1-2H3,(H,18,21)(H,19,23). The molecular formula is C17H21N3O5S. The lowest BCUT2D eigenvalue weighted by Gasteiger charge is -2.23. The zero-order chi connectivity index (χ0) is 19.1. The van der Waals surface area contributed by atoms with Gasteiger partial charge in [-0.2, -0.15) is 0 Å². The van der Waals surface area contributed by atoms with Crippen molar-refractivity contribution in [1.82, 2.24) is 10.2 Å². The van der Waals surface area contributed by atoms with Gasteiger partial charge in [0.15, 0.2) is 9.84 Å². The van der Waals surface area contributed by atoms with E-state index in [2.05, 4.69) is 10.6 Å². The van der Waals surface area contributed by atoms with Crippen molar-refractivity contribution in [3.63, 3.8) is 0 Å². The zero-order valence-corrected chi connectivity index (χ0v) is 15.4. The van der Waals surface area contributed by atoms with Crippen LogP contribution in [-0.2, 0) is 19.4 Å². The second-order valence-electron chi connectivity index (χ2n) is 6.86. The van der Waals surface area contributed by atoms with Crippen molar-refractivity contribution in [2.45, 2.75) is 49.1 Å². The number of rotatable bonds is 4. The molecule has 0 aromatic heterocycles. The molecule has 26 heavy (non-hydrogen) atoms. The minimum Gasteiger partial charge on any atom is -0.324 e. The first-order valence-electron chi connectivity index (χ1n) is 8.41. The van der Waals surface area contributed by atoms with Crippen molar-refractivity contribution in [3.05, 3.63) is 24.3 Å². The van der Waals surface area contributed by atoms with Crippen molar-refractivity contribution in [2.75, 3.05) is 11.6 Å². The third kappa shape index (κ3) is 3.18. The Kier molecular flexibility index (Phi) is 4.51. The molecule has 1 spiro atoms. The van der Waals surface area contributed by atoms with Crippen LogP contribution in [0.15, 0.2) is 29.2 Å². The first-order chi connectivity index (χ1) is 12.1. The first kappa shape index (κ1) is 18.4.